The zero-order valence-corrected chi connectivity index (χ0v) is 18.5. The number of hydrogen-bond donors (Lipinski definition) is 1. The van der Waals surface area contributed by atoms with E-state index in [2.05, 4.69) is 21.2 Å². The van der Waals surface area contributed by atoms with Crippen LogP contribution in [0.2, 0.25) is 0 Å². The maximum absolute atomic E-state index is 13.7. The van der Waals surface area contributed by atoms with Crippen molar-refractivity contribution in [3.05, 3.63) is 81.4 Å². The minimum atomic E-state index is -0.966. The summed E-state index contributed by atoms with van der Waals surface area (Å²) in [6, 6.07) is 13.5. The fourth-order valence-corrected chi connectivity index (χ4v) is 3.97. The van der Waals surface area contributed by atoms with Gasteiger partial charge in [0.15, 0.2) is 0 Å². The summed E-state index contributed by atoms with van der Waals surface area (Å²) in [4.78, 5) is 37.8. The number of hydrogen-bond acceptors (Lipinski definition) is 5. The van der Waals surface area contributed by atoms with Crippen LogP contribution >= 0.6 is 27.7 Å². The van der Waals surface area contributed by atoms with Gasteiger partial charge < -0.3 is 9.73 Å². The zero-order chi connectivity index (χ0) is 22.8. The Morgan fingerprint density at radius 1 is 1.09 bits per heavy atom. The maximum Gasteiger partial charge on any atom is 0.294 e. The lowest BCUT2D eigenvalue weighted by Gasteiger charge is -2.12. The van der Waals surface area contributed by atoms with Crippen LogP contribution in [0.15, 0.2) is 68.4 Å². The number of nitrogens with one attached hydrogen (secondary N) is 1. The Balaban J connectivity index is 1.45. The topological polar surface area (TPSA) is 79.6 Å². The SMILES string of the molecule is O=C(CN1C(=O)S/C(=C/c2ccc(-c3ccc(Br)cc3)o2)C1=O)Nc1ccc(F)cc1F. The van der Waals surface area contributed by atoms with Gasteiger partial charge in [-0.3, -0.25) is 19.3 Å². The van der Waals surface area contributed by atoms with Crippen molar-refractivity contribution in [1.29, 1.82) is 0 Å². The van der Waals surface area contributed by atoms with Crippen LogP contribution in [-0.4, -0.2) is 28.5 Å². The molecule has 0 unspecified atom stereocenters. The molecular weight excluding hydrogens is 506 g/mol. The Morgan fingerprint density at radius 3 is 2.56 bits per heavy atom. The molecule has 6 nitrogen and oxygen atoms in total. The number of anilines is 1. The first-order chi connectivity index (χ1) is 15.3. The molecule has 1 saturated heterocycles. The van der Waals surface area contributed by atoms with Gasteiger partial charge in [0.2, 0.25) is 5.91 Å². The second-order valence-electron chi connectivity index (χ2n) is 6.65. The van der Waals surface area contributed by atoms with Gasteiger partial charge in [-0.05, 0) is 48.2 Å². The number of benzene rings is 2. The molecular formula is C22H13BrF2N2O4S. The quantitative estimate of drug-likeness (QED) is 0.440. The van der Waals surface area contributed by atoms with Gasteiger partial charge in [-0.25, -0.2) is 8.78 Å². The second kappa shape index (κ2) is 9.09. The molecule has 0 saturated carbocycles. The van der Waals surface area contributed by atoms with Crippen molar-refractivity contribution in [1.82, 2.24) is 4.90 Å². The first kappa shape index (κ1) is 22.0. The van der Waals surface area contributed by atoms with E-state index in [1.54, 1.807) is 12.1 Å². The van der Waals surface area contributed by atoms with E-state index >= 15 is 0 Å². The van der Waals surface area contributed by atoms with E-state index in [-0.39, 0.29) is 10.6 Å². The van der Waals surface area contributed by atoms with E-state index < -0.39 is 35.2 Å². The van der Waals surface area contributed by atoms with E-state index in [1.165, 1.54) is 6.08 Å². The number of halogens is 3. The molecule has 32 heavy (non-hydrogen) atoms. The van der Waals surface area contributed by atoms with E-state index in [0.29, 0.717) is 29.3 Å². The number of rotatable bonds is 5. The van der Waals surface area contributed by atoms with Gasteiger partial charge in [-0.2, -0.15) is 0 Å². The molecule has 0 spiro atoms. The number of imide groups is 1. The second-order valence-corrected chi connectivity index (χ2v) is 8.56. The van der Waals surface area contributed by atoms with Crippen LogP contribution in [-0.2, 0) is 9.59 Å². The highest BCUT2D eigenvalue weighted by Gasteiger charge is 2.36. The minimum Gasteiger partial charge on any atom is -0.457 e. The smallest absolute Gasteiger partial charge is 0.294 e. The van der Waals surface area contributed by atoms with Crippen molar-refractivity contribution in [3.63, 3.8) is 0 Å². The van der Waals surface area contributed by atoms with Crippen LogP contribution in [0.1, 0.15) is 5.76 Å². The third kappa shape index (κ3) is 4.81. The first-order valence-corrected chi connectivity index (χ1v) is 10.8. The number of amides is 3. The molecule has 1 N–H and O–H groups in total. The monoisotopic (exact) mass is 518 g/mol. The molecule has 1 aromatic heterocycles. The Morgan fingerprint density at radius 2 is 1.84 bits per heavy atom. The Labute approximate surface area is 193 Å². The highest BCUT2D eigenvalue weighted by atomic mass is 79.9. The molecule has 0 atom stereocenters. The van der Waals surface area contributed by atoms with Crippen molar-refractivity contribution in [2.24, 2.45) is 0 Å². The lowest BCUT2D eigenvalue weighted by molar-refractivity contribution is -0.127. The Hall–Kier alpha value is -3.24. The van der Waals surface area contributed by atoms with Crippen molar-refractivity contribution in [2.75, 3.05) is 11.9 Å². The molecule has 3 aromatic rings. The average molecular weight is 519 g/mol. The van der Waals surface area contributed by atoms with Gasteiger partial charge in [0, 0.05) is 22.2 Å². The highest BCUT2D eigenvalue weighted by Crippen LogP contribution is 2.33. The Bertz CT molecular complexity index is 1260. The van der Waals surface area contributed by atoms with E-state index in [9.17, 15) is 23.2 Å². The summed E-state index contributed by atoms with van der Waals surface area (Å²) in [5, 5.41) is 1.58. The maximum atomic E-state index is 13.7. The molecule has 1 fully saturated rings. The van der Waals surface area contributed by atoms with Crippen LogP contribution in [0, 0.1) is 11.6 Å². The molecule has 4 rings (SSSR count). The Kier molecular flexibility index (Phi) is 6.24. The summed E-state index contributed by atoms with van der Waals surface area (Å²) in [5.41, 5.74) is 0.584. The van der Waals surface area contributed by atoms with Crippen molar-refractivity contribution in [3.8, 4) is 11.3 Å². The number of carbonyl (C=O) groups is 3. The van der Waals surface area contributed by atoms with Crippen molar-refractivity contribution in [2.45, 2.75) is 0 Å². The van der Waals surface area contributed by atoms with Crippen LogP contribution in [0.4, 0.5) is 19.3 Å². The average Bonchev–Trinajstić information content (AvgIpc) is 3.31. The van der Waals surface area contributed by atoms with Crippen molar-refractivity contribution >= 4 is 56.5 Å². The van der Waals surface area contributed by atoms with Gasteiger partial charge in [-0.1, -0.05) is 28.1 Å². The van der Waals surface area contributed by atoms with Crippen molar-refractivity contribution < 1.29 is 27.6 Å². The normalized spacial score (nSPS) is 15.0. The van der Waals surface area contributed by atoms with Gasteiger partial charge in [-0.15, -0.1) is 0 Å². The number of thioether (sulfide) groups is 1. The van der Waals surface area contributed by atoms with Gasteiger partial charge >= 0.3 is 0 Å². The number of nitrogens with zero attached hydrogens (tertiary/aromatic N) is 1. The summed E-state index contributed by atoms with van der Waals surface area (Å²) >= 11 is 4.03. The van der Waals surface area contributed by atoms with Gasteiger partial charge in [0.25, 0.3) is 11.1 Å². The lowest BCUT2D eigenvalue weighted by Crippen LogP contribution is -2.36. The molecule has 3 amide bonds. The third-order valence-electron chi connectivity index (χ3n) is 4.41. The van der Waals surface area contributed by atoms with E-state index in [4.69, 9.17) is 4.42 Å². The lowest BCUT2D eigenvalue weighted by atomic mass is 10.2. The molecule has 10 heteroatoms. The van der Waals surface area contributed by atoms with Crippen LogP contribution in [0.5, 0.6) is 0 Å². The van der Waals surface area contributed by atoms with Crippen LogP contribution in [0.3, 0.4) is 0 Å². The summed E-state index contributed by atoms with van der Waals surface area (Å²) < 4.78 is 33.3. The number of carbonyl (C=O) groups excluding carboxylic acids is 3. The zero-order valence-electron chi connectivity index (χ0n) is 16.1. The largest absolute Gasteiger partial charge is 0.457 e. The summed E-state index contributed by atoms with van der Waals surface area (Å²) in [5.74, 6) is -2.27. The first-order valence-electron chi connectivity index (χ1n) is 9.16. The van der Waals surface area contributed by atoms with E-state index in [0.717, 1.165) is 27.1 Å². The van der Waals surface area contributed by atoms with E-state index in [1.807, 2.05) is 24.3 Å². The van der Waals surface area contributed by atoms with Gasteiger partial charge in [0.05, 0.1) is 10.6 Å². The van der Waals surface area contributed by atoms with Gasteiger partial charge in [0.1, 0.15) is 29.7 Å². The molecule has 1 aliphatic heterocycles. The highest BCUT2D eigenvalue weighted by molar-refractivity contribution is 9.10. The molecule has 0 aliphatic carbocycles. The molecule has 2 aromatic carbocycles. The number of furan rings is 1. The third-order valence-corrected chi connectivity index (χ3v) is 5.85. The standard InChI is InChI=1S/C22H13BrF2N2O4S/c23-13-3-1-12(2-4-13)18-8-6-15(31-18)10-19-21(29)27(22(30)32-19)11-20(28)26-17-7-5-14(24)9-16(17)25/h1-10H,11H2,(H,26,28)/b19-10+. The predicted octanol–water partition coefficient (Wildman–Crippen LogP) is 5.66. The molecule has 0 radical (unpaired) electrons. The fourth-order valence-electron chi connectivity index (χ4n) is 2.89. The predicted molar refractivity (Wildman–Crippen MR) is 120 cm³/mol. The molecule has 162 valence electrons. The van der Waals surface area contributed by atoms with Crippen LogP contribution < -0.4 is 5.32 Å². The minimum absolute atomic E-state index is 0.0902. The molecule has 0 bridgehead atoms. The molecule has 1 aliphatic rings. The van der Waals surface area contributed by atoms with Crippen LogP contribution in [0.25, 0.3) is 17.4 Å². The fraction of sp³-hybridized carbons (Fsp3) is 0.0455. The summed E-state index contributed by atoms with van der Waals surface area (Å²) in [7, 11) is 0. The summed E-state index contributed by atoms with van der Waals surface area (Å²) in [6.45, 7) is -0.610. The molecule has 2 heterocycles. The summed E-state index contributed by atoms with van der Waals surface area (Å²) in [6.07, 6.45) is 1.42.